The number of hydrogen-bond donors (Lipinski definition) is 0. The van der Waals surface area contributed by atoms with Crippen molar-refractivity contribution < 1.29 is 14.3 Å². The van der Waals surface area contributed by atoms with Crippen molar-refractivity contribution in [2.24, 2.45) is 0 Å². The van der Waals surface area contributed by atoms with Crippen molar-refractivity contribution in [3.63, 3.8) is 0 Å². The van der Waals surface area contributed by atoms with Gasteiger partial charge in [0.2, 0.25) is 0 Å². The van der Waals surface area contributed by atoms with Gasteiger partial charge in [-0.2, -0.15) is 0 Å². The van der Waals surface area contributed by atoms with Crippen LogP contribution in [-0.2, 0) is 11.3 Å². The average molecular weight is 359 g/mol. The molecule has 2 aromatic carbocycles. The summed E-state index contributed by atoms with van der Waals surface area (Å²) < 4.78 is 9.19. The quantitative estimate of drug-likeness (QED) is 0.513. The number of carbonyl (C=O) groups excluding carboxylic acids is 2. The van der Waals surface area contributed by atoms with E-state index in [9.17, 15) is 9.59 Å². The summed E-state index contributed by atoms with van der Waals surface area (Å²) in [6.45, 7) is -0.0428. The molecule has 0 amide bonds. The Morgan fingerprint density at radius 1 is 0.958 bits per heavy atom. The third-order valence-corrected chi connectivity index (χ3v) is 4.25. The molecule has 0 aliphatic heterocycles. The minimum absolute atomic E-state index is 0.0428. The molecular weight excluding hydrogens is 348 g/mol. The van der Waals surface area contributed by atoms with E-state index in [1.54, 1.807) is 48.5 Å². The van der Waals surface area contributed by atoms with Crippen LogP contribution in [0.2, 0.25) is 4.34 Å². The third-order valence-electron chi connectivity index (χ3n) is 3.27. The monoisotopic (exact) mass is 358 g/mol. The van der Waals surface area contributed by atoms with Crippen molar-refractivity contribution >= 4 is 34.9 Å². The normalized spacial score (nSPS) is 10.4. The van der Waals surface area contributed by atoms with Crippen molar-refractivity contribution in [2.45, 2.75) is 6.61 Å². The summed E-state index contributed by atoms with van der Waals surface area (Å²) >= 11 is 6.88. The Morgan fingerprint density at radius 2 is 1.58 bits per heavy atom. The molecule has 7 heteroatoms. The molecular formula is C17H11ClN2O3S. The number of ketones is 1. The van der Waals surface area contributed by atoms with Crippen LogP contribution >= 0.6 is 23.1 Å². The lowest BCUT2D eigenvalue weighted by molar-refractivity contribution is 0.0467. The van der Waals surface area contributed by atoms with Gasteiger partial charge in [-0.05, 0) is 12.1 Å². The highest BCUT2D eigenvalue weighted by atomic mass is 35.5. The number of hydrogen-bond acceptors (Lipinski definition) is 6. The number of carbonyl (C=O) groups is 2. The van der Waals surface area contributed by atoms with Gasteiger partial charge in [-0.25, -0.2) is 4.79 Å². The molecule has 0 atom stereocenters. The first-order chi connectivity index (χ1) is 11.6. The maximum Gasteiger partial charge on any atom is 0.338 e. The highest BCUT2D eigenvalue weighted by Gasteiger charge is 2.13. The second-order valence-corrected chi connectivity index (χ2v) is 6.20. The molecule has 0 N–H and O–H groups in total. The Hall–Kier alpha value is -2.57. The van der Waals surface area contributed by atoms with Gasteiger partial charge in [0.25, 0.3) is 0 Å². The first kappa shape index (κ1) is 16.3. The molecule has 5 nitrogen and oxygen atoms in total. The number of halogens is 1. The fraction of sp³-hybridized carbons (Fsp3) is 0.0588. The van der Waals surface area contributed by atoms with Crippen LogP contribution in [0.4, 0.5) is 0 Å². The van der Waals surface area contributed by atoms with Crippen molar-refractivity contribution in [2.75, 3.05) is 0 Å². The van der Waals surface area contributed by atoms with Gasteiger partial charge in [-0.15, -0.1) is 5.10 Å². The number of rotatable bonds is 5. The van der Waals surface area contributed by atoms with E-state index >= 15 is 0 Å². The highest BCUT2D eigenvalue weighted by molar-refractivity contribution is 7.10. The number of aromatic nitrogens is 2. The van der Waals surface area contributed by atoms with E-state index in [2.05, 4.69) is 9.59 Å². The maximum atomic E-state index is 12.3. The molecule has 0 bridgehead atoms. The smallest absolute Gasteiger partial charge is 0.338 e. The van der Waals surface area contributed by atoms with Crippen LogP contribution in [0.5, 0.6) is 0 Å². The summed E-state index contributed by atoms with van der Waals surface area (Å²) in [7, 11) is 0. The van der Waals surface area contributed by atoms with Crippen molar-refractivity contribution in [1.82, 2.24) is 9.59 Å². The Kier molecular flexibility index (Phi) is 4.98. The van der Waals surface area contributed by atoms with E-state index in [4.69, 9.17) is 16.3 Å². The zero-order chi connectivity index (χ0) is 16.9. The van der Waals surface area contributed by atoms with Crippen LogP contribution < -0.4 is 0 Å². The summed E-state index contributed by atoms with van der Waals surface area (Å²) in [5.41, 5.74) is 1.87. The van der Waals surface area contributed by atoms with E-state index in [1.807, 2.05) is 6.07 Å². The lowest BCUT2D eigenvalue weighted by Gasteiger charge is -2.05. The number of ether oxygens (including phenoxy) is 1. The summed E-state index contributed by atoms with van der Waals surface area (Å²) in [4.78, 5) is 24.3. The second kappa shape index (κ2) is 7.33. The maximum absolute atomic E-state index is 12.3. The molecule has 120 valence electrons. The fourth-order valence-corrected chi connectivity index (χ4v) is 2.62. The molecule has 0 aliphatic carbocycles. The molecule has 0 spiro atoms. The largest absolute Gasteiger partial charge is 0.455 e. The second-order valence-electron chi connectivity index (χ2n) is 4.84. The minimum atomic E-state index is -0.516. The zero-order valence-electron chi connectivity index (χ0n) is 12.3. The summed E-state index contributed by atoms with van der Waals surface area (Å²) in [6.07, 6.45) is 0. The van der Waals surface area contributed by atoms with Crippen molar-refractivity contribution in [1.29, 1.82) is 0 Å². The molecule has 3 rings (SSSR count). The summed E-state index contributed by atoms with van der Waals surface area (Å²) in [6, 6.07) is 15.3. The highest BCUT2D eigenvalue weighted by Crippen LogP contribution is 2.18. The van der Waals surface area contributed by atoms with Crippen molar-refractivity contribution in [3.05, 3.63) is 81.3 Å². The van der Waals surface area contributed by atoms with E-state index < -0.39 is 5.97 Å². The topological polar surface area (TPSA) is 69.2 Å². The Labute approximate surface area is 147 Å². The molecule has 1 heterocycles. The molecule has 1 aromatic heterocycles. The lowest BCUT2D eigenvalue weighted by atomic mass is 10.0. The van der Waals surface area contributed by atoms with E-state index in [0.29, 0.717) is 26.7 Å². The predicted octanol–water partition coefficient (Wildman–Crippen LogP) is 3.78. The van der Waals surface area contributed by atoms with Crippen LogP contribution in [0.3, 0.4) is 0 Å². The van der Waals surface area contributed by atoms with Crippen LogP contribution in [0.25, 0.3) is 0 Å². The van der Waals surface area contributed by atoms with Crippen LogP contribution in [0.15, 0.2) is 54.6 Å². The summed E-state index contributed by atoms with van der Waals surface area (Å²) in [5.74, 6) is -0.617. The van der Waals surface area contributed by atoms with E-state index in [1.165, 1.54) is 0 Å². The molecule has 3 aromatic rings. The minimum Gasteiger partial charge on any atom is -0.455 e. The third kappa shape index (κ3) is 3.67. The Balaban J connectivity index is 1.67. The van der Waals surface area contributed by atoms with Gasteiger partial charge < -0.3 is 4.74 Å². The molecule has 0 saturated carbocycles. The van der Waals surface area contributed by atoms with Crippen LogP contribution in [0.1, 0.15) is 32.0 Å². The Bertz CT molecular complexity index is 863. The predicted molar refractivity (Wildman–Crippen MR) is 90.4 cm³/mol. The van der Waals surface area contributed by atoms with Gasteiger partial charge in [0.1, 0.15) is 16.6 Å². The lowest BCUT2D eigenvalue weighted by Crippen LogP contribution is -2.07. The van der Waals surface area contributed by atoms with Crippen molar-refractivity contribution in [3.8, 4) is 0 Å². The SMILES string of the molecule is O=C(OCc1nnsc1Cl)c1ccc(C(=O)c2ccccc2)cc1. The van der Waals surface area contributed by atoms with Gasteiger partial charge in [0.05, 0.1) is 5.56 Å². The molecule has 0 unspecified atom stereocenters. The van der Waals surface area contributed by atoms with Crippen LogP contribution in [0, 0.1) is 0 Å². The first-order valence-corrected chi connectivity index (χ1v) is 8.14. The summed E-state index contributed by atoms with van der Waals surface area (Å²) in [5, 5.41) is 3.77. The molecule has 0 fully saturated rings. The van der Waals surface area contributed by atoms with Gasteiger partial charge in [-0.1, -0.05) is 58.6 Å². The van der Waals surface area contributed by atoms with Gasteiger partial charge in [0.15, 0.2) is 5.78 Å². The van der Waals surface area contributed by atoms with E-state index in [-0.39, 0.29) is 12.4 Å². The van der Waals surface area contributed by atoms with Gasteiger partial charge >= 0.3 is 5.97 Å². The first-order valence-electron chi connectivity index (χ1n) is 6.99. The van der Waals surface area contributed by atoms with E-state index in [0.717, 1.165) is 11.5 Å². The zero-order valence-corrected chi connectivity index (χ0v) is 13.9. The fourth-order valence-electron chi connectivity index (χ4n) is 2.01. The molecule has 0 aliphatic rings. The molecule has 0 radical (unpaired) electrons. The Morgan fingerprint density at radius 3 is 2.21 bits per heavy atom. The number of esters is 1. The average Bonchev–Trinajstić information content (AvgIpc) is 3.05. The number of benzene rings is 2. The molecule has 24 heavy (non-hydrogen) atoms. The van der Waals surface area contributed by atoms with Gasteiger partial charge in [0, 0.05) is 22.7 Å². The standard InChI is InChI=1S/C17H11ClN2O3S/c18-16-14(19-20-24-16)10-23-17(22)13-8-6-12(7-9-13)15(21)11-4-2-1-3-5-11/h1-9H,10H2. The van der Waals surface area contributed by atoms with Crippen LogP contribution in [-0.4, -0.2) is 21.3 Å². The van der Waals surface area contributed by atoms with Gasteiger partial charge in [-0.3, -0.25) is 4.79 Å². The number of nitrogens with zero attached hydrogens (tertiary/aromatic N) is 2. The molecule has 0 saturated heterocycles.